The van der Waals surface area contributed by atoms with Crippen LogP contribution in [-0.2, 0) is 16.1 Å². The number of carbonyl (C=O) groups excluding carboxylic acids is 2. The Bertz CT molecular complexity index is 412. The summed E-state index contributed by atoms with van der Waals surface area (Å²) in [6, 6.07) is 9.32. The number of alkyl carbamates (subject to hydrolysis) is 1. The maximum Gasteiger partial charge on any atom is 0.407 e. The van der Waals surface area contributed by atoms with Crippen LogP contribution in [0.2, 0.25) is 0 Å². The highest BCUT2D eigenvalue weighted by atomic mass is 32.2. The van der Waals surface area contributed by atoms with Crippen molar-refractivity contribution in [1.82, 2.24) is 14.3 Å². The van der Waals surface area contributed by atoms with Gasteiger partial charge in [0.1, 0.15) is 13.2 Å². The van der Waals surface area contributed by atoms with Gasteiger partial charge in [-0.25, -0.2) is 9.10 Å². The summed E-state index contributed by atoms with van der Waals surface area (Å²) in [6.07, 6.45) is -0.617. The van der Waals surface area contributed by atoms with Crippen molar-refractivity contribution in [2.75, 3.05) is 20.6 Å². The summed E-state index contributed by atoms with van der Waals surface area (Å²) in [5.41, 5.74) is 0.894. The van der Waals surface area contributed by atoms with Gasteiger partial charge >= 0.3 is 6.09 Å². The molecule has 0 fully saturated rings. The second-order valence-electron chi connectivity index (χ2n) is 3.84. The highest BCUT2D eigenvalue weighted by Crippen LogP contribution is 2.00. The van der Waals surface area contributed by atoms with E-state index in [0.717, 1.165) is 17.7 Å². The Morgan fingerprint density at radius 1 is 1.26 bits per heavy atom. The average molecular weight is 283 g/mol. The lowest BCUT2D eigenvalue weighted by Crippen LogP contribution is -2.35. The maximum atomic E-state index is 11.3. The van der Waals surface area contributed by atoms with E-state index in [4.69, 9.17) is 4.74 Å². The molecule has 0 radical (unpaired) electrons. The SMILES string of the molecule is CN(C)SNC(=O)CNC(=O)OCc1ccccc1. The minimum atomic E-state index is -0.617. The molecule has 0 aromatic heterocycles. The van der Waals surface area contributed by atoms with Crippen LogP contribution < -0.4 is 10.0 Å². The van der Waals surface area contributed by atoms with E-state index in [2.05, 4.69) is 10.0 Å². The van der Waals surface area contributed by atoms with Gasteiger partial charge < -0.3 is 10.1 Å². The molecule has 2 amide bonds. The largest absolute Gasteiger partial charge is 0.445 e. The molecule has 0 spiro atoms. The molecule has 1 aromatic carbocycles. The Morgan fingerprint density at radius 2 is 1.95 bits per heavy atom. The maximum absolute atomic E-state index is 11.3. The van der Waals surface area contributed by atoms with Gasteiger partial charge in [-0.3, -0.25) is 9.52 Å². The monoisotopic (exact) mass is 283 g/mol. The Balaban J connectivity index is 2.16. The molecule has 1 rings (SSSR count). The first-order valence-corrected chi connectivity index (χ1v) is 6.43. The van der Waals surface area contributed by atoms with Gasteiger partial charge in [-0.15, -0.1) is 0 Å². The number of rotatable bonds is 6. The van der Waals surface area contributed by atoms with Crippen LogP contribution in [0.4, 0.5) is 4.79 Å². The summed E-state index contributed by atoms with van der Waals surface area (Å²) in [5, 5.41) is 2.37. The van der Waals surface area contributed by atoms with Crippen molar-refractivity contribution in [3.05, 3.63) is 35.9 Å². The topological polar surface area (TPSA) is 70.7 Å². The first kappa shape index (κ1) is 15.3. The lowest BCUT2D eigenvalue weighted by atomic mass is 10.2. The number of nitrogens with zero attached hydrogens (tertiary/aromatic N) is 1. The van der Waals surface area contributed by atoms with E-state index in [0.29, 0.717) is 0 Å². The lowest BCUT2D eigenvalue weighted by Gasteiger charge is -2.10. The van der Waals surface area contributed by atoms with Gasteiger partial charge in [-0.05, 0) is 19.7 Å². The fourth-order valence-corrected chi connectivity index (χ4v) is 1.46. The Kier molecular flexibility index (Phi) is 6.76. The normalized spacial score (nSPS) is 10.1. The van der Waals surface area contributed by atoms with Crippen LogP contribution in [0, 0.1) is 0 Å². The summed E-state index contributed by atoms with van der Waals surface area (Å²) in [5.74, 6) is -0.296. The van der Waals surface area contributed by atoms with Crippen LogP contribution in [0.3, 0.4) is 0 Å². The van der Waals surface area contributed by atoms with Crippen molar-refractivity contribution >= 4 is 24.1 Å². The number of carbonyl (C=O) groups is 2. The highest BCUT2D eigenvalue weighted by molar-refractivity contribution is 7.95. The Hall–Kier alpha value is -1.73. The Morgan fingerprint density at radius 3 is 2.58 bits per heavy atom. The number of ether oxygens (including phenoxy) is 1. The zero-order valence-electron chi connectivity index (χ0n) is 10.9. The molecule has 0 unspecified atom stereocenters. The summed E-state index contributed by atoms with van der Waals surface area (Å²) in [4.78, 5) is 22.6. The second-order valence-corrected chi connectivity index (χ2v) is 4.96. The standard InChI is InChI=1S/C12H17N3O3S/c1-15(2)19-14-11(16)8-13-12(17)18-9-10-6-4-3-5-7-10/h3-7H,8-9H2,1-2H3,(H,13,17)(H,14,16). The van der Waals surface area contributed by atoms with Gasteiger partial charge in [0.05, 0.1) is 0 Å². The molecule has 7 heteroatoms. The zero-order valence-corrected chi connectivity index (χ0v) is 11.7. The zero-order chi connectivity index (χ0) is 14.1. The first-order valence-electron chi connectivity index (χ1n) is 5.65. The van der Waals surface area contributed by atoms with Crippen molar-refractivity contribution in [1.29, 1.82) is 0 Å². The van der Waals surface area contributed by atoms with E-state index in [1.807, 2.05) is 30.3 Å². The molecule has 104 valence electrons. The van der Waals surface area contributed by atoms with Crippen molar-refractivity contribution in [2.45, 2.75) is 6.61 Å². The number of hydrogen-bond donors (Lipinski definition) is 2. The summed E-state index contributed by atoms with van der Waals surface area (Å²) < 4.78 is 9.23. The van der Waals surface area contributed by atoms with E-state index < -0.39 is 6.09 Å². The summed E-state index contributed by atoms with van der Waals surface area (Å²) in [7, 11) is 3.60. The first-order chi connectivity index (χ1) is 9.08. The minimum Gasteiger partial charge on any atom is -0.445 e. The number of hydrogen-bond acceptors (Lipinski definition) is 5. The predicted molar refractivity (Wildman–Crippen MR) is 74.1 cm³/mol. The molecular formula is C12H17N3O3S. The number of amides is 2. The molecule has 19 heavy (non-hydrogen) atoms. The van der Waals surface area contributed by atoms with Crippen molar-refractivity contribution in [3.63, 3.8) is 0 Å². The molecule has 0 bridgehead atoms. The predicted octanol–water partition coefficient (Wildman–Crippen LogP) is 1.15. The van der Waals surface area contributed by atoms with Crippen molar-refractivity contribution in [2.24, 2.45) is 0 Å². The van der Waals surface area contributed by atoms with E-state index in [-0.39, 0.29) is 19.1 Å². The Labute approximate surface area is 116 Å². The van der Waals surface area contributed by atoms with E-state index in [1.54, 1.807) is 18.4 Å². The molecule has 0 aliphatic rings. The summed E-state index contributed by atoms with van der Waals surface area (Å²) in [6.45, 7) is 0.0647. The third kappa shape index (κ3) is 7.32. The van der Waals surface area contributed by atoms with Crippen LogP contribution in [0.5, 0.6) is 0 Å². The van der Waals surface area contributed by atoms with Gasteiger partial charge in [-0.1, -0.05) is 30.3 Å². The van der Waals surface area contributed by atoms with Crippen LogP contribution in [0.1, 0.15) is 5.56 Å². The van der Waals surface area contributed by atoms with Crippen LogP contribution in [0.15, 0.2) is 30.3 Å². The lowest BCUT2D eigenvalue weighted by molar-refractivity contribution is -0.118. The van der Waals surface area contributed by atoms with Crippen LogP contribution in [-0.4, -0.2) is 36.9 Å². The molecule has 1 aromatic rings. The van der Waals surface area contributed by atoms with Crippen LogP contribution in [0.25, 0.3) is 0 Å². The van der Waals surface area contributed by atoms with Crippen LogP contribution >= 0.6 is 12.1 Å². The van der Waals surface area contributed by atoms with Gasteiger partial charge in [0.2, 0.25) is 5.91 Å². The third-order valence-electron chi connectivity index (χ3n) is 1.95. The highest BCUT2D eigenvalue weighted by Gasteiger charge is 2.06. The average Bonchev–Trinajstić information content (AvgIpc) is 2.41. The molecule has 0 aliphatic heterocycles. The third-order valence-corrected chi connectivity index (χ3v) is 2.63. The van der Waals surface area contributed by atoms with Gasteiger partial charge in [0.25, 0.3) is 0 Å². The van der Waals surface area contributed by atoms with Gasteiger partial charge in [-0.2, -0.15) is 0 Å². The molecular weight excluding hydrogens is 266 g/mol. The second kappa shape index (κ2) is 8.39. The van der Waals surface area contributed by atoms with E-state index >= 15 is 0 Å². The molecule has 0 atom stereocenters. The fraction of sp³-hybridized carbons (Fsp3) is 0.333. The van der Waals surface area contributed by atoms with Gasteiger partial charge in [0.15, 0.2) is 0 Å². The molecule has 0 saturated carbocycles. The molecule has 6 nitrogen and oxygen atoms in total. The van der Waals surface area contributed by atoms with Crippen molar-refractivity contribution in [3.8, 4) is 0 Å². The quantitative estimate of drug-likeness (QED) is 0.767. The molecule has 0 aliphatic carbocycles. The fourth-order valence-electron chi connectivity index (χ4n) is 1.10. The molecule has 0 heterocycles. The number of nitrogens with one attached hydrogen (secondary N) is 2. The van der Waals surface area contributed by atoms with Gasteiger partial charge in [0, 0.05) is 12.1 Å². The molecule has 0 saturated heterocycles. The van der Waals surface area contributed by atoms with Crippen molar-refractivity contribution < 1.29 is 14.3 Å². The summed E-state index contributed by atoms with van der Waals surface area (Å²) >= 11 is 1.14. The molecule has 2 N–H and O–H groups in total. The van der Waals surface area contributed by atoms with E-state index in [1.165, 1.54) is 0 Å². The minimum absolute atomic E-state index is 0.117. The number of benzene rings is 1. The van der Waals surface area contributed by atoms with E-state index in [9.17, 15) is 9.59 Å². The smallest absolute Gasteiger partial charge is 0.407 e.